The highest BCUT2D eigenvalue weighted by Gasteiger charge is 2.22. The summed E-state index contributed by atoms with van der Waals surface area (Å²) >= 11 is 5.85. The van der Waals surface area contributed by atoms with Crippen LogP contribution in [0.3, 0.4) is 0 Å². The second kappa shape index (κ2) is 4.88. The molecule has 0 unspecified atom stereocenters. The normalized spacial score (nSPS) is 16.8. The number of nitrogens with zero attached hydrogens (tertiary/aromatic N) is 2. The monoisotopic (exact) mass is 266 g/mol. The van der Waals surface area contributed by atoms with Crippen molar-refractivity contribution < 1.29 is 4.39 Å². The molecule has 0 spiro atoms. The first kappa shape index (κ1) is 12.0. The molecule has 18 heavy (non-hydrogen) atoms. The van der Waals surface area contributed by atoms with Crippen molar-refractivity contribution in [2.75, 3.05) is 5.88 Å². The smallest absolute Gasteiger partial charge is 0.125 e. The predicted octanol–water partition coefficient (Wildman–Crippen LogP) is 4.07. The first-order chi connectivity index (χ1) is 8.79. The molecule has 1 fully saturated rings. The van der Waals surface area contributed by atoms with Crippen molar-refractivity contribution >= 4 is 22.6 Å². The van der Waals surface area contributed by atoms with Crippen molar-refractivity contribution in [2.45, 2.75) is 38.1 Å². The maximum absolute atomic E-state index is 13.4. The minimum atomic E-state index is -0.195. The number of aromatic nitrogens is 2. The Morgan fingerprint density at radius 3 is 2.83 bits per heavy atom. The SMILES string of the molecule is Fc1ccc2nc(CCCl)n(C3CCCC3)c2c1. The van der Waals surface area contributed by atoms with E-state index < -0.39 is 0 Å². The van der Waals surface area contributed by atoms with Gasteiger partial charge in [-0.05, 0) is 31.0 Å². The van der Waals surface area contributed by atoms with Crippen LogP contribution >= 0.6 is 11.6 Å². The summed E-state index contributed by atoms with van der Waals surface area (Å²) in [5, 5.41) is 0. The molecule has 0 saturated heterocycles. The summed E-state index contributed by atoms with van der Waals surface area (Å²) in [5.41, 5.74) is 1.80. The Morgan fingerprint density at radius 2 is 2.11 bits per heavy atom. The van der Waals surface area contributed by atoms with Gasteiger partial charge in [0.25, 0.3) is 0 Å². The van der Waals surface area contributed by atoms with Gasteiger partial charge in [0.1, 0.15) is 11.6 Å². The summed E-state index contributed by atoms with van der Waals surface area (Å²) in [6, 6.07) is 5.29. The van der Waals surface area contributed by atoms with Crippen LogP contribution < -0.4 is 0 Å². The molecule has 0 amide bonds. The molecule has 0 N–H and O–H groups in total. The van der Waals surface area contributed by atoms with Crippen molar-refractivity contribution in [3.63, 3.8) is 0 Å². The lowest BCUT2D eigenvalue weighted by Gasteiger charge is -2.15. The number of hydrogen-bond acceptors (Lipinski definition) is 1. The van der Waals surface area contributed by atoms with Gasteiger partial charge in [0, 0.05) is 18.3 Å². The Kier molecular flexibility index (Phi) is 3.25. The van der Waals surface area contributed by atoms with Gasteiger partial charge < -0.3 is 4.57 Å². The minimum Gasteiger partial charge on any atom is -0.325 e. The van der Waals surface area contributed by atoms with E-state index in [4.69, 9.17) is 11.6 Å². The number of hydrogen-bond donors (Lipinski definition) is 0. The van der Waals surface area contributed by atoms with Crippen LogP contribution in [-0.4, -0.2) is 15.4 Å². The number of aryl methyl sites for hydroxylation is 1. The van der Waals surface area contributed by atoms with Crippen LogP contribution in [-0.2, 0) is 6.42 Å². The Morgan fingerprint density at radius 1 is 1.33 bits per heavy atom. The summed E-state index contributed by atoms with van der Waals surface area (Å²) in [6.45, 7) is 0. The van der Waals surface area contributed by atoms with Gasteiger partial charge in [-0.25, -0.2) is 9.37 Å². The van der Waals surface area contributed by atoms with E-state index in [1.54, 1.807) is 12.1 Å². The van der Waals surface area contributed by atoms with Crippen LogP contribution in [0.2, 0.25) is 0 Å². The molecular formula is C14H16ClFN2. The molecule has 1 heterocycles. The summed E-state index contributed by atoms with van der Waals surface area (Å²) < 4.78 is 15.6. The molecule has 96 valence electrons. The summed E-state index contributed by atoms with van der Waals surface area (Å²) in [7, 11) is 0. The van der Waals surface area contributed by atoms with Gasteiger partial charge in [-0.1, -0.05) is 12.8 Å². The van der Waals surface area contributed by atoms with Crippen molar-refractivity contribution in [3.05, 3.63) is 29.8 Å². The summed E-state index contributed by atoms with van der Waals surface area (Å²) in [4.78, 5) is 4.60. The standard InChI is InChI=1S/C14H16ClFN2/c15-8-7-14-17-12-6-5-10(16)9-13(12)18(14)11-3-1-2-4-11/h5-6,9,11H,1-4,7-8H2. The van der Waals surface area contributed by atoms with Gasteiger partial charge in [-0.2, -0.15) is 0 Å². The van der Waals surface area contributed by atoms with Gasteiger partial charge in [-0.15, -0.1) is 11.6 Å². The molecule has 3 rings (SSSR count). The van der Waals surface area contributed by atoms with E-state index in [0.29, 0.717) is 11.9 Å². The molecule has 0 radical (unpaired) electrons. The van der Waals surface area contributed by atoms with Gasteiger partial charge in [0.2, 0.25) is 0 Å². The second-order valence-electron chi connectivity index (χ2n) is 4.91. The third-order valence-electron chi connectivity index (χ3n) is 3.73. The van der Waals surface area contributed by atoms with Crippen molar-refractivity contribution in [2.24, 2.45) is 0 Å². The van der Waals surface area contributed by atoms with E-state index in [1.165, 1.54) is 18.9 Å². The van der Waals surface area contributed by atoms with E-state index in [0.717, 1.165) is 36.1 Å². The minimum absolute atomic E-state index is 0.195. The van der Waals surface area contributed by atoms with Crippen LogP contribution in [0.1, 0.15) is 37.5 Å². The zero-order chi connectivity index (χ0) is 12.5. The lowest BCUT2D eigenvalue weighted by Crippen LogP contribution is -2.09. The van der Waals surface area contributed by atoms with Crippen LogP contribution in [0.5, 0.6) is 0 Å². The number of halogens is 2. The molecule has 0 bridgehead atoms. The highest BCUT2D eigenvalue weighted by molar-refractivity contribution is 6.17. The summed E-state index contributed by atoms with van der Waals surface area (Å²) in [5.74, 6) is 1.36. The third-order valence-corrected chi connectivity index (χ3v) is 3.92. The number of alkyl halides is 1. The van der Waals surface area contributed by atoms with E-state index in [1.807, 2.05) is 0 Å². The fraction of sp³-hybridized carbons (Fsp3) is 0.500. The fourth-order valence-electron chi connectivity index (χ4n) is 2.95. The Bertz CT molecular complexity index is 558. The molecule has 1 aliphatic rings. The molecule has 2 aromatic rings. The molecule has 1 aromatic carbocycles. The zero-order valence-electron chi connectivity index (χ0n) is 10.2. The quantitative estimate of drug-likeness (QED) is 0.766. The van der Waals surface area contributed by atoms with Gasteiger partial charge in [0.15, 0.2) is 0 Å². The van der Waals surface area contributed by atoms with Gasteiger partial charge in [-0.3, -0.25) is 0 Å². The van der Waals surface area contributed by atoms with Crippen LogP contribution in [0.25, 0.3) is 11.0 Å². The van der Waals surface area contributed by atoms with Gasteiger partial charge in [0.05, 0.1) is 11.0 Å². The Labute approximate surface area is 111 Å². The molecular weight excluding hydrogens is 251 g/mol. The highest BCUT2D eigenvalue weighted by Crippen LogP contribution is 2.34. The Balaban J connectivity index is 2.16. The first-order valence-electron chi connectivity index (χ1n) is 6.52. The average Bonchev–Trinajstić information content (AvgIpc) is 2.95. The Hall–Kier alpha value is -1.09. The second-order valence-corrected chi connectivity index (χ2v) is 5.29. The topological polar surface area (TPSA) is 17.8 Å². The lowest BCUT2D eigenvalue weighted by molar-refractivity contribution is 0.512. The van der Waals surface area contributed by atoms with Gasteiger partial charge >= 0.3 is 0 Å². The van der Waals surface area contributed by atoms with E-state index in [9.17, 15) is 4.39 Å². The molecule has 4 heteroatoms. The molecule has 2 nitrogen and oxygen atoms in total. The molecule has 1 aliphatic carbocycles. The molecule has 1 aromatic heterocycles. The first-order valence-corrected chi connectivity index (χ1v) is 7.05. The van der Waals surface area contributed by atoms with Crippen molar-refractivity contribution in [1.82, 2.24) is 9.55 Å². The maximum atomic E-state index is 13.4. The van der Waals surface area contributed by atoms with Crippen LogP contribution in [0, 0.1) is 5.82 Å². The van der Waals surface area contributed by atoms with E-state index >= 15 is 0 Å². The molecule has 0 aliphatic heterocycles. The molecule has 1 saturated carbocycles. The van der Waals surface area contributed by atoms with Crippen LogP contribution in [0.15, 0.2) is 18.2 Å². The van der Waals surface area contributed by atoms with Crippen molar-refractivity contribution in [3.8, 4) is 0 Å². The lowest BCUT2D eigenvalue weighted by atomic mass is 10.2. The number of benzene rings is 1. The van der Waals surface area contributed by atoms with Crippen molar-refractivity contribution in [1.29, 1.82) is 0 Å². The fourth-order valence-corrected chi connectivity index (χ4v) is 3.12. The van der Waals surface area contributed by atoms with E-state index in [2.05, 4.69) is 9.55 Å². The maximum Gasteiger partial charge on any atom is 0.125 e. The van der Waals surface area contributed by atoms with E-state index in [-0.39, 0.29) is 5.82 Å². The largest absolute Gasteiger partial charge is 0.325 e. The average molecular weight is 267 g/mol. The van der Waals surface area contributed by atoms with Crippen LogP contribution in [0.4, 0.5) is 4.39 Å². The highest BCUT2D eigenvalue weighted by atomic mass is 35.5. The zero-order valence-corrected chi connectivity index (χ0v) is 11.0. The predicted molar refractivity (Wildman–Crippen MR) is 71.6 cm³/mol. The number of rotatable bonds is 3. The summed E-state index contributed by atoms with van der Waals surface area (Å²) in [6.07, 6.45) is 5.57. The number of imidazole rings is 1. The number of fused-ring (bicyclic) bond motifs is 1. The third kappa shape index (κ3) is 2.01. The molecule has 0 atom stereocenters.